The van der Waals surface area contributed by atoms with Gasteiger partial charge in [-0.25, -0.2) is 0 Å². The van der Waals surface area contributed by atoms with Gasteiger partial charge >= 0.3 is 0 Å². The lowest BCUT2D eigenvalue weighted by molar-refractivity contribution is 0.165. The van der Waals surface area contributed by atoms with Crippen LogP contribution < -0.4 is 5.32 Å². The number of aryl methyl sites for hydroxylation is 2. The zero-order chi connectivity index (χ0) is 14.7. The van der Waals surface area contributed by atoms with Crippen LogP contribution in [0.2, 0.25) is 0 Å². The first-order chi connectivity index (χ1) is 9.60. The second kappa shape index (κ2) is 6.75. The third-order valence-corrected chi connectivity index (χ3v) is 5.07. The molecule has 1 N–H and O–H groups in total. The molecule has 0 radical (unpaired) electrons. The van der Waals surface area contributed by atoms with E-state index in [2.05, 4.69) is 50.8 Å². The molecule has 0 saturated heterocycles. The molecule has 0 aliphatic heterocycles. The minimum atomic E-state index is 0.524. The lowest BCUT2D eigenvalue weighted by Gasteiger charge is -2.38. The predicted octanol–water partition coefficient (Wildman–Crippen LogP) is 3.59. The van der Waals surface area contributed by atoms with Gasteiger partial charge in [-0.3, -0.25) is 4.68 Å². The molecule has 1 aromatic heterocycles. The van der Waals surface area contributed by atoms with Crippen LogP contribution in [0.3, 0.4) is 0 Å². The van der Waals surface area contributed by atoms with Gasteiger partial charge in [0.2, 0.25) is 0 Å². The number of aromatic nitrogens is 2. The van der Waals surface area contributed by atoms with Crippen molar-refractivity contribution in [1.29, 1.82) is 0 Å². The summed E-state index contributed by atoms with van der Waals surface area (Å²) in [5.41, 5.74) is 2.64. The molecule has 0 aromatic carbocycles. The summed E-state index contributed by atoms with van der Waals surface area (Å²) in [6.45, 7) is 9.16. The molecule has 0 amide bonds. The Kier molecular flexibility index (Phi) is 5.25. The van der Waals surface area contributed by atoms with Crippen LogP contribution in [0.15, 0.2) is 6.07 Å². The van der Waals surface area contributed by atoms with Gasteiger partial charge in [-0.2, -0.15) is 5.10 Å². The van der Waals surface area contributed by atoms with E-state index in [4.69, 9.17) is 5.10 Å². The maximum atomic E-state index is 4.89. The van der Waals surface area contributed by atoms with Gasteiger partial charge in [-0.05, 0) is 57.1 Å². The fourth-order valence-electron chi connectivity index (χ4n) is 3.60. The lowest BCUT2D eigenvalue weighted by Crippen LogP contribution is -2.41. The molecule has 2 rings (SSSR count). The summed E-state index contributed by atoms with van der Waals surface area (Å²) in [5, 5.41) is 8.42. The molecule has 3 heteroatoms. The molecule has 3 nitrogen and oxygen atoms in total. The topological polar surface area (TPSA) is 29.9 Å². The lowest BCUT2D eigenvalue weighted by atomic mass is 9.77. The largest absolute Gasteiger partial charge is 0.315 e. The number of hydrogen-bond acceptors (Lipinski definition) is 2. The second-order valence-electron chi connectivity index (χ2n) is 6.56. The third-order valence-electron chi connectivity index (χ3n) is 5.07. The van der Waals surface area contributed by atoms with Crippen molar-refractivity contribution in [2.45, 2.75) is 71.9 Å². The van der Waals surface area contributed by atoms with Crippen molar-refractivity contribution in [3.05, 3.63) is 17.5 Å². The van der Waals surface area contributed by atoms with Crippen molar-refractivity contribution in [1.82, 2.24) is 15.1 Å². The Morgan fingerprint density at radius 3 is 2.60 bits per heavy atom. The highest BCUT2D eigenvalue weighted by Crippen LogP contribution is 2.37. The molecule has 1 fully saturated rings. The zero-order valence-corrected chi connectivity index (χ0v) is 13.8. The van der Waals surface area contributed by atoms with Crippen molar-refractivity contribution in [3.8, 4) is 0 Å². The summed E-state index contributed by atoms with van der Waals surface area (Å²) in [4.78, 5) is 0. The molecule has 114 valence electrons. The average Bonchev–Trinajstić information content (AvgIpc) is 2.89. The molecule has 1 aromatic rings. The molecule has 3 atom stereocenters. The Balaban J connectivity index is 2.28. The molecule has 1 heterocycles. The van der Waals surface area contributed by atoms with Crippen LogP contribution in [0, 0.1) is 11.8 Å². The van der Waals surface area contributed by atoms with Crippen LogP contribution >= 0.6 is 0 Å². The van der Waals surface area contributed by atoms with Gasteiger partial charge in [0.15, 0.2) is 0 Å². The van der Waals surface area contributed by atoms with Gasteiger partial charge in [0.05, 0.1) is 11.7 Å². The first-order valence-electron chi connectivity index (χ1n) is 8.35. The number of nitrogens with one attached hydrogen (secondary N) is 1. The summed E-state index contributed by atoms with van der Waals surface area (Å²) in [6, 6.07) is 3.39. The summed E-state index contributed by atoms with van der Waals surface area (Å²) in [7, 11) is 2.10. The second-order valence-corrected chi connectivity index (χ2v) is 6.56. The minimum Gasteiger partial charge on any atom is -0.315 e. The van der Waals surface area contributed by atoms with E-state index in [1.165, 1.54) is 30.7 Å². The Labute approximate surface area is 124 Å². The van der Waals surface area contributed by atoms with Crippen molar-refractivity contribution in [3.63, 3.8) is 0 Å². The highest BCUT2D eigenvalue weighted by atomic mass is 15.3. The van der Waals surface area contributed by atoms with Gasteiger partial charge < -0.3 is 5.32 Å². The van der Waals surface area contributed by atoms with Crippen molar-refractivity contribution >= 4 is 0 Å². The normalized spacial score (nSPS) is 27.2. The van der Waals surface area contributed by atoms with Crippen LogP contribution in [0.5, 0.6) is 0 Å². The van der Waals surface area contributed by atoms with E-state index in [-0.39, 0.29) is 0 Å². The minimum absolute atomic E-state index is 0.524. The highest BCUT2D eigenvalue weighted by Gasteiger charge is 2.33. The third kappa shape index (κ3) is 3.08. The van der Waals surface area contributed by atoms with Gasteiger partial charge in [0.1, 0.15) is 0 Å². The van der Waals surface area contributed by atoms with Crippen molar-refractivity contribution in [2.75, 3.05) is 7.05 Å². The standard InChI is InChI=1S/C17H31N3/c1-6-14-11-15(7-2)20(19-14)17-10-13(12(3)4)8-9-16(17)18-5/h11-13,16-18H,6-10H2,1-5H3. The molecular formula is C17H31N3. The zero-order valence-electron chi connectivity index (χ0n) is 13.8. The van der Waals surface area contributed by atoms with Crippen LogP contribution in [0.1, 0.15) is 64.4 Å². The maximum Gasteiger partial charge on any atom is 0.0678 e. The molecule has 20 heavy (non-hydrogen) atoms. The van der Waals surface area contributed by atoms with E-state index < -0.39 is 0 Å². The number of rotatable bonds is 5. The first kappa shape index (κ1) is 15.6. The predicted molar refractivity (Wildman–Crippen MR) is 85.0 cm³/mol. The molecule has 1 saturated carbocycles. The monoisotopic (exact) mass is 277 g/mol. The Morgan fingerprint density at radius 2 is 2.05 bits per heavy atom. The van der Waals surface area contributed by atoms with E-state index >= 15 is 0 Å². The van der Waals surface area contributed by atoms with Gasteiger partial charge in [-0.1, -0.05) is 27.7 Å². The van der Waals surface area contributed by atoms with Gasteiger partial charge in [0, 0.05) is 11.7 Å². The van der Waals surface area contributed by atoms with Crippen LogP contribution in [-0.4, -0.2) is 22.9 Å². The molecule has 0 spiro atoms. The molecular weight excluding hydrogens is 246 g/mol. The van der Waals surface area contributed by atoms with Crippen molar-refractivity contribution < 1.29 is 0 Å². The Hall–Kier alpha value is -0.830. The fourth-order valence-corrected chi connectivity index (χ4v) is 3.60. The fraction of sp³-hybridized carbons (Fsp3) is 0.824. The number of hydrogen-bond donors (Lipinski definition) is 1. The van der Waals surface area contributed by atoms with E-state index in [0.717, 1.165) is 24.7 Å². The SMILES string of the molecule is CCc1cc(CC)n(C2CC(C(C)C)CCC2NC)n1. The molecule has 1 aliphatic carbocycles. The number of nitrogens with zero attached hydrogens (tertiary/aromatic N) is 2. The van der Waals surface area contributed by atoms with Crippen LogP contribution in [0.4, 0.5) is 0 Å². The van der Waals surface area contributed by atoms with Crippen LogP contribution in [-0.2, 0) is 12.8 Å². The van der Waals surface area contributed by atoms with Crippen molar-refractivity contribution in [2.24, 2.45) is 11.8 Å². The molecule has 0 bridgehead atoms. The van der Waals surface area contributed by atoms with Crippen LogP contribution in [0.25, 0.3) is 0 Å². The quantitative estimate of drug-likeness (QED) is 0.891. The summed E-state index contributed by atoms with van der Waals surface area (Å²) in [5.74, 6) is 1.62. The van der Waals surface area contributed by atoms with E-state index in [1.54, 1.807) is 0 Å². The average molecular weight is 277 g/mol. The van der Waals surface area contributed by atoms with Gasteiger partial charge in [0.25, 0.3) is 0 Å². The van der Waals surface area contributed by atoms with E-state index in [1.807, 2.05) is 0 Å². The Bertz CT molecular complexity index is 422. The summed E-state index contributed by atoms with van der Waals surface area (Å²) < 4.78 is 2.34. The smallest absolute Gasteiger partial charge is 0.0678 e. The first-order valence-corrected chi connectivity index (χ1v) is 8.35. The number of likely N-dealkylation sites (N-methyl/N-ethyl adjacent to an activating group) is 1. The summed E-state index contributed by atoms with van der Waals surface area (Å²) >= 11 is 0. The highest BCUT2D eigenvalue weighted by molar-refractivity contribution is 5.12. The molecule has 3 unspecified atom stereocenters. The van der Waals surface area contributed by atoms with Gasteiger partial charge in [-0.15, -0.1) is 0 Å². The Morgan fingerprint density at radius 1 is 1.30 bits per heavy atom. The maximum absolute atomic E-state index is 4.89. The van der Waals surface area contributed by atoms with E-state index in [9.17, 15) is 0 Å². The molecule has 1 aliphatic rings. The van der Waals surface area contributed by atoms with E-state index in [0.29, 0.717) is 12.1 Å². The summed E-state index contributed by atoms with van der Waals surface area (Å²) in [6.07, 6.45) is 6.00.